The lowest BCUT2D eigenvalue weighted by molar-refractivity contribution is 0.0787. The Morgan fingerprint density at radius 1 is 1.12 bits per heavy atom. The Bertz CT molecular complexity index is 1310. The molecular formula is C26H25FN4O2. The second kappa shape index (κ2) is 8.65. The predicted molar refractivity (Wildman–Crippen MR) is 126 cm³/mol. The quantitative estimate of drug-likeness (QED) is 0.423. The minimum atomic E-state index is -0.331. The van der Waals surface area contributed by atoms with E-state index in [0.717, 1.165) is 18.7 Å². The van der Waals surface area contributed by atoms with Gasteiger partial charge in [0, 0.05) is 37.9 Å². The Morgan fingerprint density at radius 2 is 1.85 bits per heavy atom. The fraction of sp³-hybridized carbons (Fsp3) is 0.269. The molecule has 0 unspecified atom stereocenters. The number of para-hydroxylation sites is 1. The fourth-order valence-corrected chi connectivity index (χ4v) is 4.48. The summed E-state index contributed by atoms with van der Waals surface area (Å²) in [6.45, 7) is 4.36. The van der Waals surface area contributed by atoms with Gasteiger partial charge in [0.05, 0.1) is 22.3 Å². The molecule has 5 rings (SSSR count). The molecule has 0 bridgehead atoms. The average Bonchev–Trinajstić information content (AvgIpc) is 3.49. The van der Waals surface area contributed by atoms with Crippen LogP contribution in [0.2, 0.25) is 0 Å². The number of pyridine rings is 1. The summed E-state index contributed by atoms with van der Waals surface area (Å²) in [6.07, 6.45) is 2.38. The highest BCUT2D eigenvalue weighted by Crippen LogP contribution is 2.30. The normalized spacial score (nSPS) is 13.6. The van der Waals surface area contributed by atoms with Crippen molar-refractivity contribution in [1.29, 1.82) is 0 Å². The summed E-state index contributed by atoms with van der Waals surface area (Å²) < 4.78 is 18.8. The van der Waals surface area contributed by atoms with Crippen molar-refractivity contribution in [3.8, 4) is 11.3 Å². The summed E-state index contributed by atoms with van der Waals surface area (Å²) in [5.41, 5.74) is 4.90. The Balaban J connectivity index is 1.50. The van der Waals surface area contributed by atoms with E-state index >= 15 is 0 Å². The van der Waals surface area contributed by atoms with Crippen LogP contribution in [0.5, 0.6) is 0 Å². The van der Waals surface area contributed by atoms with Gasteiger partial charge in [0.15, 0.2) is 0 Å². The molecule has 168 valence electrons. The van der Waals surface area contributed by atoms with E-state index in [-0.39, 0.29) is 11.7 Å². The Kier molecular flexibility index (Phi) is 5.54. The largest absolute Gasteiger partial charge is 0.371 e. The van der Waals surface area contributed by atoms with Gasteiger partial charge in [-0.05, 0) is 61.7 Å². The molecule has 3 heterocycles. The van der Waals surface area contributed by atoms with Crippen molar-refractivity contribution in [3.05, 3.63) is 77.2 Å². The maximum Gasteiger partial charge on any atom is 0.259 e. The van der Waals surface area contributed by atoms with Gasteiger partial charge in [-0.2, -0.15) is 0 Å². The number of carbonyl (C=O) groups is 1. The first-order chi connectivity index (χ1) is 16.0. The number of hydrogen-bond donors (Lipinski definition) is 0. The highest BCUT2D eigenvalue weighted by atomic mass is 19.1. The van der Waals surface area contributed by atoms with Crippen molar-refractivity contribution in [1.82, 2.24) is 15.0 Å². The Morgan fingerprint density at radius 3 is 2.61 bits per heavy atom. The molecule has 1 saturated heterocycles. The molecule has 1 amide bonds. The van der Waals surface area contributed by atoms with Crippen LogP contribution in [-0.4, -0.2) is 41.1 Å². The van der Waals surface area contributed by atoms with E-state index in [0.29, 0.717) is 40.2 Å². The lowest BCUT2D eigenvalue weighted by Crippen LogP contribution is -2.28. The number of halogens is 1. The molecule has 0 radical (unpaired) electrons. The number of benzene rings is 2. The number of amides is 1. The number of carbonyl (C=O) groups excluding carboxylic acids is 1. The SMILES string of the molecule is Cc1noc2nc(-c3ccc(F)cc3)cc(C(=O)N(C)Cc3ccccc3N3CCCC3)c12. The molecule has 0 aliphatic carbocycles. The van der Waals surface area contributed by atoms with Crippen molar-refractivity contribution in [2.45, 2.75) is 26.3 Å². The van der Waals surface area contributed by atoms with E-state index in [9.17, 15) is 9.18 Å². The van der Waals surface area contributed by atoms with Crippen molar-refractivity contribution in [3.63, 3.8) is 0 Å². The van der Waals surface area contributed by atoms with Gasteiger partial charge in [0.2, 0.25) is 0 Å². The molecule has 0 saturated carbocycles. The van der Waals surface area contributed by atoms with Crippen LogP contribution in [0.15, 0.2) is 59.1 Å². The van der Waals surface area contributed by atoms with Gasteiger partial charge < -0.3 is 14.3 Å². The summed E-state index contributed by atoms with van der Waals surface area (Å²) in [6, 6.07) is 16.0. The van der Waals surface area contributed by atoms with E-state index in [1.807, 2.05) is 12.1 Å². The molecule has 2 aromatic heterocycles. The topological polar surface area (TPSA) is 62.5 Å². The highest BCUT2D eigenvalue weighted by Gasteiger charge is 2.23. The number of nitrogens with zero attached hydrogens (tertiary/aromatic N) is 4. The van der Waals surface area contributed by atoms with Gasteiger partial charge in [-0.1, -0.05) is 23.4 Å². The van der Waals surface area contributed by atoms with Crippen LogP contribution in [-0.2, 0) is 6.54 Å². The second-order valence-electron chi connectivity index (χ2n) is 8.49. The Hall–Kier alpha value is -3.74. The maximum atomic E-state index is 13.6. The zero-order chi connectivity index (χ0) is 22.9. The number of hydrogen-bond acceptors (Lipinski definition) is 5. The van der Waals surface area contributed by atoms with Crippen molar-refractivity contribution < 1.29 is 13.7 Å². The molecule has 0 spiro atoms. The van der Waals surface area contributed by atoms with Crippen molar-refractivity contribution >= 4 is 22.7 Å². The summed E-state index contributed by atoms with van der Waals surface area (Å²) in [5.74, 6) is -0.476. The smallest absolute Gasteiger partial charge is 0.259 e. The first-order valence-electron chi connectivity index (χ1n) is 11.1. The van der Waals surface area contributed by atoms with Crippen LogP contribution in [0.25, 0.3) is 22.4 Å². The molecule has 33 heavy (non-hydrogen) atoms. The van der Waals surface area contributed by atoms with E-state index in [1.165, 1.54) is 30.7 Å². The van der Waals surface area contributed by atoms with E-state index in [2.05, 4.69) is 27.2 Å². The van der Waals surface area contributed by atoms with E-state index < -0.39 is 0 Å². The summed E-state index contributed by atoms with van der Waals surface area (Å²) >= 11 is 0. The van der Waals surface area contributed by atoms with Crippen LogP contribution in [0.1, 0.15) is 34.5 Å². The fourth-order valence-electron chi connectivity index (χ4n) is 4.48. The number of anilines is 1. The van der Waals surface area contributed by atoms with Gasteiger partial charge in [-0.25, -0.2) is 9.37 Å². The highest BCUT2D eigenvalue weighted by molar-refractivity contribution is 6.06. The average molecular weight is 445 g/mol. The molecule has 1 fully saturated rings. The van der Waals surface area contributed by atoms with Crippen LogP contribution in [0, 0.1) is 12.7 Å². The molecule has 1 aliphatic rings. The monoisotopic (exact) mass is 444 g/mol. The van der Waals surface area contributed by atoms with Gasteiger partial charge >= 0.3 is 0 Å². The number of aryl methyl sites for hydroxylation is 1. The first-order valence-corrected chi connectivity index (χ1v) is 11.1. The van der Waals surface area contributed by atoms with Crippen molar-refractivity contribution in [2.24, 2.45) is 0 Å². The number of fused-ring (bicyclic) bond motifs is 1. The third kappa shape index (κ3) is 4.06. The van der Waals surface area contributed by atoms with Crippen LogP contribution in [0.3, 0.4) is 0 Å². The lowest BCUT2D eigenvalue weighted by Gasteiger charge is -2.24. The van der Waals surface area contributed by atoms with Gasteiger partial charge in [0.1, 0.15) is 5.82 Å². The van der Waals surface area contributed by atoms with Crippen LogP contribution < -0.4 is 4.90 Å². The zero-order valence-electron chi connectivity index (χ0n) is 18.7. The second-order valence-corrected chi connectivity index (χ2v) is 8.49. The zero-order valence-corrected chi connectivity index (χ0v) is 18.7. The minimum Gasteiger partial charge on any atom is -0.371 e. The Labute approximate surface area is 191 Å². The summed E-state index contributed by atoms with van der Waals surface area (Å²) in [7, 11) is 1.80. The van der Waals surface area contributed by atoms with Crippen LogP contribution in [0.4, 0.5) is 10.1 Å². The maximum absolute atomic E-state index is 13.6. The van der Waals surface area contributed by atoms with E-state index in [1.54, 1.807) is 37.1 Å². The number of rotatable bonds is 5. The third-order valence-electron chi connectivity index (χ3n) is 6.18. The standard InChI is InChI=1S/C26H25FN4O2/c1-17-24-21(15-22(28-25(24)33-29-17)18-9-11-20(27)12-10-18)26(32)30(2)16-19-7-3-4-8-23(19)31-13-5-6-14-31/h3-4,7-12,15H,5-6,13-14,16H2,1-2H3. The molecule has 0 atom stereocenters. The molecular weight excluding hydrogens is 419 g/mol. The molecule has 0 N–H and O–H groups in total. The minimum absolute atomic E-state index is 0.145. The molecule has 6 nitrogen and oxygen atoms in total. The van der Waals surface area contributed by atoms with Crippen molar-refractivity contribution in [2.75, 3.05) is 25.0 Å². The lowest BCUT2D eigenvalue weighted by atomic mass is 10.0. The van der Waals surface area contributed by atoms with Gasteiger partial charge in [-0.3, -0.25) is 4.79 Å². The first kappa shape index (κ1) is 21.1. The molecule has 1 aliphatic heterocycles. The van der Waals surface area contributed by atoms with E-state index in [4.69, 9.17) is 4.52 Å². The molecule has 7 heteroatoms. The number of aromatic nitrogens is 2. The third-order valence-corrected chi connectivity index (χ3v) is 6.18. The van der Waals surface area contributed by atoms with Gasteiger partial charge in [-0.15, -0.1) is 0 Å². The summed E-state index contributed by atoms with van der Waals surface area (Å²) in [4.78, 5) is 22.3. The van der Waals surface area contributed by atoms with Gasteiger partial charge in [0.25, 0.3) is 11.6 Å². The predicted octanol–water partition coefficient (Wildman–Crippen LogP) is 5.21. The molecule has 2 aromatic carbocycles. The molecule has 4 aromatic rings. The van der Waals surface area contributed by atoms with Crippen LogP contribution >= 0.6 is 0 Å². The summed E-state index contributed by atoms with van der Waals surface area (Å²) in [5, 5.41) is 4.62.